The van der Waals surface area contributed by atoms with Gasteiger partial charge in [0.2, 0.25) is 39.9 Å². The van der Waals surface area contributed by atoms with Crippen LogP contribution in [0.1, 0.15) is 32.2 Å². The third-order valence-corrected chi connectivity index (χ3v) is 16.4. The van der Waals surface area contributed by atoms with Gasteiger partial charge in [0.05, 0.1) is 60.1 Å². The van der Waals surface area contributed by atoms with E-state index in [1.54, 1.807) is 40.3 Å². The first kappa shape index (κ1) is 94.8. The van der Waals surface area contributed by atoms with E-state index in [1.165, 1.54) is 59.5 Å². The van der Waals surface area contributed by atoms with Crippen molar-refractivity contribution in [3.05, 3.63) is 209 Å². The summed E-state index contributed by atoms with van der Waals surface area (Å²) in [5.41, 5.74) is 18.0. The van der Waals surface area contributed by atoms with E-state index in [9.17, 15) is 56.0 Å². The number of amides is 1. The van der Waals surface area contributed by atoms with Crippen LogP contribution in [-0.2, 0) is 4.74 Å². The molecule has 0 unspecified atom stereocenters. The monoisotopic (exact) mass is 1900 g/mol. The zero-order chi connectivity index (χ0) is 90.7. The van der Waals surface area contributed by atoms with Crippen LogP contribution >= 0.6 is 82.0 Å². The number of hydrogen-bond acceptors (Lipinski definition) is 44. The van der Waals surface area contributed by atoms with Crippen LogP contribution in [-0.4, -0.2) is 184 Å². The number of likely N-dealkylation sites (N-methyl/N-ethyl adjacent to an activating group) is 2. The van der Waals surface area contributed by atoms with Crippen molar-refractivity contribution in [1.82, 2.24) is 116 Å². The molecule has 15 rings (SSSR count). The van der Waals surface area contributed by atoms with E-state index >= 15 is 0 Å². The van der Waals surface area contributed by atoms with E-state index < -0.39 is 80.2 Å². The lowest BCUT2D eigenvalue weighted by atomic mass is 10.2. The van der Waals surface area contributed by atoms with Crippen LogP contribution in [0.15, 0.2) is 166 Å². The molecule has 0 atom stereocenters. The molecule has 5 aromatic carbocycles. The van der Waals surface area contributed by atoms with Crippen molar-refractivity contribution in [2.75, 3.05) is 57.6 Å². The second-order valence-electron chi connectivity index (χ2n) is 24.1. The molecule has 0 spiro atoms. The number of nitrogens with one attached hydrogen (secondary N) is 2. The third-order valence-electron chi connectivity index (χ3n) is 14.7. The minimum Gasteiger partial charge on any atom is -0.472 e. The van der Waals surface area contributed by atoms with Crippen molar-refractivity contribution in [3.8, 4) is 80.6 Å². The highest BCUT2D eigenvalue weighted by Gasteiger charge is 2.32. The molecule has 10 N–H and O–H groups in total. The normalized spacial score (nSPS) is 11.1. The Hall–Kier alpha value is -15.1. The number of benzene rings is 5. The molecule has 10 aromatic heterocycles. The number of ether oxygens (including phenoxy) is 3. The maximum absolute atomic E-state index is 13.5. The number of amidine groups is 1. The van der Waals surface area contributed by atoms with E-state index in [-0.39, 0.29) is 165 Å². The lowest BCUT2D eigenvalue weighted by Gasteiger charge is -2.24. The first-order chi connectivity index (χ1) is 59.6. The average Bonchev–Trinajstić information content (AvgIpc) is 1.64. The van der Waals surface area contributed by atoms with Gasteiger partial charge in [0.1, 0.15) is 47.9 Å². The molecule has 126 heavy (non-hydrogen) atoms. The minimum atomic E-state index is -0.977. The first-order valence-corrected chi connectivity index (χ1v) is 35.6. The molecule has 0 aliphatic carbocycles. The van der Waals surface area contributed by atoms with Crippen LogP contribution in [0.25, 0.3) is 68.8 Å². The third kappa shape index (κ3) is 23.2. The molecule has 0 saturated carbocycles. The van der Waals surface area contributed by atoms with Gasteiger partial charge in [0.25, 0.3) is 17.5 Å². The number of aliphatic imine (C=N–C) groups is 1. The molecule has 0 fully saturated rings. The van der Waals surface area contributed by atoms with E-state index in [2.05, 4.69) is 135 Å². The van der Waals surface area contributed by atoms with Gasteiger partial charge in [-0.25, -0.2) is 92.3 Å². The van der Waals surface area contributed by atoms with Crippen LogP contribution in [0, 0.1) is 39.2 Å². The smallest absolute Gasteiger partial charge is 0.446 e. The molecule has 0 radical (unpaired) electrons. The van der Waals surface area contributed by atoms with E-state index in [1.807, 2.05) is 0 Å². The molecule has 662 valence electrons. The molecule has 0 bridgehead atoms. The van der Waals surface area contributed by atoms with Crippen molar-refractivity contribution in [3.63, 3.8) is 0 Å². The lowest BCUT2D eigenvalue weighted by Crippen LogP contribution is -2.36. The second kappa shape index (κ2) is 42.6. The van der Waals surface area contributed by atoms with Crippen molar-refractivity contribution in [2.45, 2.75) is 26.4 Å². The fraction of sp³-hybridized carbons (Fsp3) is 0.159. The molecule has 10 heterocycles. The Bertz CT molecular complexity index is 6630. The number of hydrogen-bond donors (Lipinski definition) is 7. The van der Waals surface area contributed by atoms with Gasteiger partial charge >= 0.3 is 34.9 Å². The second-order valence-corrected chi connectivity index (χ2v) is 26.5. The maximum Gasteiger partial charge on any atom is 0.446 e. The number of nitro groups is 1. The highest BCUT2D eigenvalue weighted by Crippen LogP contribution is 2.33. The number of halogens is 12. The zero-order valence-electron chi connectivity index (χ0n) is 63.1. The summed E-state index contributed by atoms with van der Waals surface area (Å²) in [6.07, 6.45) is -0.520. The molecular weight excluding hydrogens is 1860 g/mol. The Kier molecular flexibility index (Phi) is 32.0. The summed E-state index contributed by atoms with van der Waals surface area (Å²) in [6, 6.07) is 18.1. The van der Waals surface area contributed by atoms with Gasteiger partial charge < -0.3 is 56.9 Å². The Morgan fingerprint density at radius 2 is 0.881 bits per heavy atom. The Morgan fingerprint density at radius 3 is 1.25 bits per heavy atom. The number of oxime groups is 1. The number of anilines is 3. The minimum absolute atomic E-state index is 0. The van der Waals surface area contributed by atoms with E-state index in [0.717, 1.165) is 54.7 Å². The van der Waals surface area contributed by atoms with Crippen molar-refractivity contribution < 1.29 is 102 Å². The predicted octanol–water partition coefficient (Wildman–Crippen LogP) is 8.96. The summed E-state index contributed by atoms with van der Waals surface area (Å²) >= 11 is 33.8. The summed E-state index contributed by atoms with van der Waals surface area (Å²) in [7, 11) is 3.31. The van der Waals surface area contributed by atoms with Crippen molar-refractivity contribution in [1.29, 1.82) is 0 Å². The first-order valence-electron chi connectivity index (χ1n) is 33.3. The Morgan fingerprint density at radius 1 is 0.524 bits per heavy atom. The van der Waals surface area contributed by atoms with Crippen molar-refractivity contribution >= 4 is 128 Å². The SMILES string of the molecule is CN(CCOc1nonc1-c1noc(=O)n1-c1ccc(F)c(Cl)c1)C(=O)OC(C)(C)C.CNCCOc1nonc1-c1noc(=O)n1-c1ccc(F)c(Cl)c1.Cl.Nc1nonc1-c1noc(=O)n1-c1ccc(F)c(Cl)c1.Nc1nonc1C(=Nc1ccc(F)c(Cl)c1)NO.Nc1nonc1C(Cl)=NO.O=c1onc(-c2nonc2[N+](=O)[O-])n1-c1ccc(F)c(Cl)c1. The molecule has 15 aromatic rings. The number of nitrogen functional groups attached to an aromatic ring is 3. The van der Waals surface area contributed by atoms with Crippen LogP contribution in [0.5, 0.6) is 11.8 Å². The van der Waals surface area contributed by atoms with Crippen molar-refractivity contribution in [2.24, 2.45) is 10.1 Å². The molecule has 0 aliphatic heterocycles. The summed E-state index contributed by atoms with van der Waals surface area (Å²) in [5, 5.41) is 87.8. The maximum atomic E-state index is 13.5. The molecule has 0 saturated heterocycles. The summed E-state index contributed by atoms with van der Waals surface area (Å²) < 4.78 is 131. The average molecular weight is 1910 g/mol. The van der Waals surface area contributed by atoms with Gasteiger partial charge in [-0.15, -0.1) is 17.0 Å². The summed E-state index contributed by atoms with van der Waals surface area (Å²) in [4.78, 5) is 74.8. The topological polar surface area (TPSA) is 684 Å². The van der Waals surface area contributed by atoms with Gasteiger partial charge in [0, 0.05) is 13.6 Å². The van der Waals surface area contributed by atoms with E-state index in [0.29, 0.717) is 18.8 Å². The fourth-order valence-electron chi connectivity index (χ4n) is 9.14. The highest BCUT2D eigenvalue weighted by atomic mass is 35.5. The zero-order valence-corrected chi connectivity index (χ0v) is 68.4. The van der Waals surface area contributed by atoms with Gasteiger partial charge in [-0.3, -0.25) is 28.8 Å². The quantitative estimate of drug-likeness (QED) is 0.00711. The number of carbonyl (C=O) groups excluding carboxylic acids is 1. The fourth-order valence-corrected chi connectivity index (χ4v) is 10.1. The molecule has 63 heteroatoms. The van der Waals surface area contributed by atoms with Gasteiger partial charge in [-0.1, -0.05) is 95.4 Å². The molecule has 51 nitrogen and oxygen atoms in total. The Balaban J connectivity index is 0.000000175. The predicted molar refractivity (Wildman–Crippen MR) is 418 cm³/mol. The van der Waals surface area contributed by atoms with E-state index in [4.69, 9.17) is 121 Å². The number of nitrogens with two attached hydrogens (primary N) is 3. The standard InChI is InChI=1S/C18H19ClFN5O6.C13H11ClFN5O4.C10H3ClFN5O5.C10H5ClFN5O3.C9H7ClFN5O2.C3H3ClN4O2.ClH/c1-18(2,3)29-16(26)24(4)7-8-28-15-13(21-31-23-15)14-22-30-17(27)25(14)10-5-6-12(20)11(19)9-10;1-16-4-5-22-12-10(17-24-19-12)11-18-23-13(21)20(11)7-2-3-9(15)8(14)6-7;11-5-3-4(1-2-6(5)12)16-8(14-21-10(16)18)7-9(17(19)20)15-22-13-7;11-5-3-4(1-2-6(5)12)17-9(16-19-10(17)18)7-8(13)15-20-14-7;10-5-3-4(1-2-6(5)11)13-9(14-17)7-8(12)16-18-15-7;4-2(6-9)1-3(5)8-10-7-1;/h5-6,9H,7-8H2,1-4H3;2-3,6,16H,4-5H2,1H3;1-3H;1-3H,(H2,13,15);1-3,17H,(H2,12,16)(H,13,14);9H,(H2,5,8);1H. The van der Waals surface area contributed by atoms with Crippen LogP contribution in [0.4, 0.5) is 55.7 Å². The number of carbonyl (C=O) groups is 1. The summed E-state index contributed by atoms with van der Waals surface area (Å²) in [5.74, 6) is -8.14. The largest absolute Gasteiger partial charge is 0.472 e. The number of hydroxylamine groups is 1. The molecule has 0 aliphatic rings. The summed E-state index contributed by atoms with van der Waals surface area (Å²) in [6.45, 7) is 6.31. The number of aromatic nitrogens is 20. The van der Waals surface area contributed by atoms with Crippen LogP contribution in [0.2, 0.25) is 25.1 Å². The molecule has 1 amide bonds. The number of nitrogens with zero attached hydrogens (tertiary/aromatic N) is 24. The number of rotatable bonds is 20. The molecular formula is C63H49Cl7F5N29O22. The highest BCUT2D eigenvalue weighted by molar-refractivity contribution is 6.69. The van der Waals surface area contributed by atoms with Gasteiger partial charge in [-0.2, -0.15) is 0 Å². The van der Waals surface area contributed by atoms with Crippen LogP contribution in [0.3, 0.4) is 0 Å². The lowest BCUT2D eigenvalue weighted by molar-refractivity contribution is -0.390. The van der Waals surface area contributed by atoms with Gasteiger partial charge in [-0.05, 0) is 180 Å². The van der Waals surface area contributed by atoms with Crippen LogP contribution < -0.4 is 60.5 Å². The Labute approximate surface area is 726 Å². The van der Waals surface area contributed by atoms with Gasteiger partial charge in [0.15, 0.2) is 45.5 Å².